The van der Waals surface area contributed by atoms with E-state index in [1.807, 2.05) is 25.1 Å². The Bertz CT molecular complexity index is 836. The molecule has 0 radical (unpaired) electrons. The van der Waals surface area contributed by atoms with Gasteiger partial charge in [0.15, 0.2) is 6.61 Å². The molecule has 0 aliphatic heterocycles. The molecule has 27 heavy (non-hydrogen) atoms. The lowest BCUT2D eigenvalue weighted by Gasteiger charge is -2.16. The monoisotopic (exact) mass is 386 g/mol. The molecule has 1 aromatic carbocycles. The van der Waals surface area contributed by atoms with Crippen molar-refractivity contribution >= 4 is 34.8 Å². The van der Waals surface area contributed by atoms with Gasteiger partial charge < -0.3 is 15.0 Å². The van der Waals surface area contributed by atoms with Crippen LogP contribution in [0.1, 0.15) is 32.1 Å². The highest BCUT2D eigenvalue weighted by atomic mass is 32.1. The molecule has 142 valence electrons. The van der Waals surface area contributed by atoms with Crippen molar-refractivity contribution in [2.75, 3.05) is 25.5 Å². The van der Waals surface area contributed by atoms with Crippen LogP contribution in [0.15, 0.2) is 30.3 Å². The lowest BCUT2D eigenvalue weighted by Crippen LogP contribution is -2.37. The van der Waals surface area contributed by atoms with Crippen LogP contribution in [0.2, 0.25) is 0 Å². The molecule has 0 spiro atoms. The van der Waals surface area contributed by atoms with Crippen molar-refractivity contribution in [3.05, 3.63) is 51.2 Å². The summed E-state index contributed by atoms with van der Waals surface area (Å²) in [5.74, 6) is -1.22. The number of nitrogens with one attached hydrogen (secondary N) is 1. The molecule has 1 aliphatic rings. The summed E-state index contributed by atoms with van der Waals surface area (Å²) in [6.07, 6.45) is 3.13. The molecular formula is C20H22N2O4S. The van der Waals surface area contributed by atoms with Crippen LogP contribution < -0.4 is 5.32 Å². The van der Waals surface area contributed by atoms with Gasteiger partial charge in [0.05, 0.1) is 6.54 Å². The van der Waals surface area contributed by atoms with E-state index in [1.54, 1.807) is 12.1 Å². The van der Waals surface area contributed by atoms with Crippen LogP contribution in [-0.4, -0.2) is 42.9 Å². The van der Waals surface area contributed by atoms with Gasteiger partial charge in [0.25, 0.3) is 5.91 Å². The number of likely N-dealkylation sites (N-methyl/N-ethyl adjacent to an activating group) is 1. The largest absolute Gasteiger partial charge is 0.451 e. The number of amides is 2. The number of thiophene rings is 1. The second kappa shape index (κ2) is 8.35. The van der Waals surface area contributed by atoms with E-state index in [4.69, 9.17) is 4.74 Å². The van der Waals surface area contributed by atoms with Crippen LogP contribution >= 0.6 is 11.3 Å². The summed E-state index contributed by atoms with van der Waals surface area (Å²) in [6.45, 7) is 1.47. The van der Waals surface area contributed by atoms with Gasteiger partial charge in [-0.1, -0.05) is 17.7 Å². The van der Waals surface area contributed by atoms with E-state index in [-0.39, 0.29) is 19.1 Å². The van der Waals surface area contributed by atoms with Crippen molar-refractivity contribution in [3.63, 3.8) is 0 Å². The molecule has 0 saturated heterocycles. The predicted molar refractivity (Wildman–Crippen MR) is 104 cm³/mol. The number of benzene rings is 1. The Morgan fingerprint density at radius 3 is 2.63 bits per heavy atom. The summed E-state index contributed by atoms with van der Waals surface area (Å²) in [5.41, 5.74) is 2.98. The number of ether oxygens (including phenoxy) is 1. The zero-order valence-corrected chi connectivity index (χ0v) is 16.2. The maximum absolute atomic E-state index is 12.1. The quantitative estimate of drug-likeness (QED) is 0.775. The van der Waals surface area contributed by atoms with E-state index >= 15 is 0 Å². The molecule has 1 heterocycles. The number of nitrogens with zero attached hydrogens (tertiary/aromatic N) is 1. The van der Waals surface area contributed by atoms with Gasteiger partial charge in [-0.3, -0.25) is 9.59 Å². The first-order valence-corrected chi connectivity index (χ1v) is 9.63. The summed E-state index contributed by atoms with van der Waals surface area (Å²) in [4.78, 5) is 39.3. The van der Waals surface area contributed by atoms with Crippen LogP contribution in [0, 0.1) is 6.92 Å². The number of hydrogen-bond donors (Lipinski definition) is 1. The highest BCUT2D eigenvalue weighted by molar-refractivity contribution is 7.14. The first kappa shape index (κ1) is 19.1. The fraction of sp³-hybridized carbons (Fsp3) is 0.350. The number of rotatable bonds is 6. The molecule has 1 aromatic heterocycles. The molecule has 2 amide bonds. The Hall–Kier alpha value is -2.67. The van der Waals surface area contributed by atoms with Crippen LogP contribution in [0.4, 0.5) is 5.69 Å². The SMILES string of the molecule is Cc1ccc(NC(=O)CN(C)C(=O)COC(=O)c2cc3c(s2)CCC3)cc1. The molecule has 0 fully saturated rings. The zero-order valence-electron chi connectivity index (χ0n) is 15.4. The zero-order chi connectivity index (χ0) is 19.4. The standard InChI is InChI=1S/C20H22N2O4S/c1-13-6-8-15(9-7-13)21-18(23)11-22(2)19(24)12-26-20(25)17-10-14-4-3-5-16(14)27-17/h6-10H,3-5,11-12H2,1-2H3,(H,21,23). The van der Waals surface area contributed by atoms with E-state index in [0.717, 1.165) is 24.8 Å². The fourth-order valence-corrected chi connectivity index (χ4v) is 4.03. The first-order chi connectivity index (χ1) is 12.9. The Kier molecular flexibility index (Phi) is 5.91. The van der Waals surface area contributed by atoms with E-state index in [1.165, 1.54) is 33.7 Å². The van der Waals surface area contributed by atoms with Gasteiger partial charge in [0, 0.05) is 17.6 Å². The van der Waals surface area contributed by atoms with E-state index in [0.29, 0.717) is 10.6 Å². The summed E-state index contributed by atoms with van der Waals surface area (Å²) < 4.78 is 5.11. The number of carbonyl (C=O) groups excluding carboxylic acids is 3. The summed E-state index contributed by atoms with van der Waals surface area (Å²) in [5, 5.41) is 2.73. The molecule has 0 unspecified atom stereocenters. The van der Waals surface area contributed by atoms with Crippen LogP contribution in [0.3, 0.4) is 0 Å². The maximum atomic E-state index is 12.1. The summed E-state index contributed by atoms with van der Waals surface area (Å²) >= 11 is 1.44. The molecule has 0 atom stereocenters. The Morgan fingerprint density at radius 1 is 1.19 bits per heavy atom. The van der Waals surface area contributed by atoms with E-state index < -0.39 is 11.9 Å². The third-order valence-electron chi connectivity index (χ3n) is 4.42. The first-order valence-electron chi connectivity index (χ1n) is 8.81. The molecule has 1 N–H and O–H groups in total. The number of anilines is 1. The van der Waals surface area contributed by atoms with Crippen LogP contribution in [0.25, 0.3) is 0 Å². The third kappa shape index (κ3) is 4.95. The van der Waals surface area contributed by atoms with Crippen LogP contribution in [0.5, 0.6) is 0 Å². The minimum Gasteiger partial charge on any atom is -0.451 e. The van der Waals surface area contributed by atoms with Crippen molar-refractivity contribution in [3.8, 4) is 0 Å². The Balaban J connectivity index is 1.44. The number of aryl methyl sites for hydroxylation is 3. The molecule has 6 nitrogen and oxygen atoms in total. The van der Waals surface area contributed by atoms with Gasteiger partial charge in [-0.25, -0.2) is 4.79 Å². The minimum atomic E-state index is -0.486. The second-order valence-corrected chi connectivity index (χ2v) is 7.79. The fourth-order valence-electron chi connectivity index (χ4n) is 2.88. The number of esters is 1. The second-order valence-electron chi connectivity index (χ2n) is 6.65. The Labute approximate surface area is 162 Å². The topological polar surface area (TPSA) is 75.7 Å². The number of carbonyl (C=O) groups is 3. The van der Waals surface area contributed by atoms with Crippen molar-refractivity contribution in [1.29, 1.82) is 0 Å². The van der Waals surface area contributed by atoms with Gasteiger partial charge >= 0.3 is 5.97 Å². The summed E-state index contributed by atoms with van der Waals surface area (Å²) in [7, 11) is 1.50. The third-order valence-corrected chi connectivity index (χ3v) is 5.63. The highest BCUT2D eigenvalue weighted by Gasteiger charge is 2.21. The van der Waals surface area contributed by atoms with Crippen molar-refractivity contribution in [1.82, 2.24) is 4.90 Å². The van der Waals surface area contributed by atoms with Gasteiger partial charge in [-0.2, -0.15) is 0 Å². The average molecular weight is 386 g/mol. The predicted octanol–water partition coefficient (Wildman–Crippen LogP) is 2.80. The maximum Gasteiger partial charge on any atom is 0.348 e. The Morgan fingerprint density at radius 2 is 1.93 bits per heavy atom. The molecule has 7 heteroatoms. The molecule has 0 bridgehead atoms. The van der Waals surface area contributed by atoms with Gasteiger partial charge in [0.2, 0.25) is 5.91 Å². The number of fused-ring (bicyclic) bond motifs is 1. The van der Waals surface area contributed by atoms with Gasteiger partial charge in [-0.05, 0) is 49.9 Å². The molecule has 0 saturated carbocycles. The molecule has 2 aromatic rings. The lowest BCUT2D eigenvalue weighted by molar-refractivity contribution is -0.136. The van der Waals surface area contributed by atoms with E-state index in [9.17, 15) is 14.4 Å². The average Bonchev–Trinajstić information content (AvgIpc) is 3.23. The van der Waals surface area contributed by atoms with Crippen molar-refractivity contribution in [2.24, 2.45) is 0 Å². The molecule has 1 aliphatic carbocycles. The van der Waals surface area contributed by atoms with Gasteiger partial charge in [-0.15, -0.1) is 11.3 Å². The number of hydrogen-bond acceptors (Lipinski definition) is 5. The van der Waals surface area contributed by atoms with Crippen molar-refractivity contribution < 1.29 is 19.1 Å². The normalized spacial score (nSPS) is 12.4. The molecular weight excluding hydrogens is 364 g/mol. The van der Waals surface area contributed by atoms with E-state index in [2.05, 4.69) is 5.32 Å². The van der Waals surface area contributed by atoms with Gasteiger partial charge in [0.1, 0.15) is 4.88 Å². The van der Waals surface area contributed by atoms with Crippen molar-refractivity contribution in [2.45, 2.75) is 26.2 Å². The van der Waals surface area contributed by atoms with Crippen LogP contribution in [-0.2, 0) is 27.2 Å². The summed E-state index contributed by atoms with van der Waals surface area (Å²) in [6, 6.07) is 9.25. The minimum absolute atomic E-state index is 0.114. The smallest absolute Gasteiger partial charge is 0.348 e. The lowest BCUT2D eigenvalue weighted by atomic mass is 10.2. The molecule has 3 rings (SSSR count). The highest BCUT2D eigenvalue weighted by Crippen LogP contribution is 2.30.